The van der Waals surface area contributed by atoms with Gasteiger partial charge in [0.1, 0.15) is 5.75 Å². The van der Waals surface area contributed by atoms with Gasteiger partial charge in [-0.2, -0.15) is 0 Å². The summed E-state index contributed by atoms with van der Waals surface area (Å²) in [7, 11) is 0. The molecule has 88 valence electrons. The van der Waals surface area contributed by atoms with Crippen molar-refractivity contribution < 1.29 is 19.1 Å². The molecule has 0 atom stereocenters. The summed E-state index contributed by atoms with van der Waals surface area (Å²) in [5.74, 6) is -0.681. The Morgan fingerprint density at radius 1 is 1.47 bits per heavy atom. The minimum atomic E-state index is -0.704. The molecule has 0 fully saturated rings. The number of primary amides is 1. The third kappa shape index (κ3) is 2.20. The van der Waals surface area contributed by atoms with E-state index in [1.807, 2.05) is 0 Å². The average Bonchev–Trinajstić information content (AvgIpc) is 2.26. The SMILES string of the molecule is NC(=O)COc1cccc2c(O)cc(=O)oc12. The molecule has 1 heterocycles. The van der Waals surface area contributed by atoms with Gasteiger partial charge < -0.3 is 20.0 Å². The molecular formula is C11H9NO5. The van der Waals surface area contributed by atoms with Crippen molar-refractivity contribution in [3.63, 3.8) is 0 Å². The van der Waals surface area contributed by atoms with Crippen LogP contribution in [0.5, 0.6) is 11.5 Å². The number of fused-ring (bicyclic) bond motifs is 1. The van der Waals surface area contributed by atoms with E-state index >= 15 is 0 Å². The molecule has 0 aliphatic heterocycles. The van der Waals surface area contributed by atoms with E-state index in [9.17, 15) is 14.7 Å². The number of amides is 1. The van der Waals surface area contributed by atoms with Crippen molar-refractivity contribution in [3.8, 4) is 11.5 Å². The predicted molar refractivity (Wildman–Crippen MR) is 58.8 cm³/mol. The molecular weight excluding hydrogens is 226 g/mol. The Kier molecular flexibility index (Phi) is 2.70. The second-order valence-corrected chi connectivity index (χ2v) is 3.34. The molecule has 0 saturated heterocycles. The van der Waals surface area contributed by atoms with E-state index < -0.39 is 11.5 Å². The molecule has 0 saturated carbocycles. The summed E-state index contributed by atoms with van der Waals surface area (Å²) in [6.07, 6.45) is 0. The summed E-state index contributed by atoms with van der Waals surface area (Å²) in [6.45, 7) is -0.335. The minimum absolute atomic E-state index is 0.0822. The molecule has 0 aliphatic carbocycles. The van der Waals surface area contributed by atoms with Crippen LogP contribution in [0, 0.1) is 0 Å². The first-order chi connectivity index (χ1) is 8.08. The number of ether oxygens (including phenoxy) is 1. The van der Waals surface area contributed by atoms with Crippen LogP contribution in [0.15, 0.2) is 33.5 Å². The van der Waals surface area contributed by atoms with Crippen LogP contribution in [0.4, 0.5) is 0 Å². The fourth-order valence-electron chi connectivity index (χ4n) is 1.40. The molecule has 0 radical (unpaired) electrons. The van der Waals surface area contributed by atoms with Gasteiger partial charge in [-0.25, -0.2) is 4.79 Å². The van der Waals surface area contributed by atoms with Crippen molar-refractivity contribution >= 4 is 16.9 Å². The molecule has 2 rings (SSSR count). The first-order valence-corrected chi connectivity index (χ1v) is 4.75. The van der Waals surface area contributed by atoms with E-state index in [0.717, 1.165) is 6.07 Å². The molecule has 6 heteroatoms. The number of benzene rings is 1. The molecule has 1 aromatic heterocycles. The Labute approximate surface area is 95.2 Å². The smallest absolute Gasteiger partial charge is 0.340 e. The van der Waals surface area contributed by atoms with Gasteiger partial charge in [0.05, 0.1) is 11.5 Å². The van der Waals surface area contributed by atoms with Crippen LogP contribution >= 0.6 is 0 Å². The van der Waals surface area contributed by atoms with Crippen LogP contribution in [0.3, 0.4) is 0 Å². The van der Waals surface area contributed by atoms with Crippen molar-refractivity contribution in [2.24, 2.45) is 5.73 Å². The van der Waals surface area contributed by atoms with Crippen LogP contribution in [-0.2, 0) is 4.79 Å². The number of carbonyl (C=O) groups excluding carboxylic acids is 1. The Balaban J connectivity index is 2.56. The normalized spacial score (nSPS) is 10.4. The lowest BCUT2D eigenvalue weighted by Crippen LogP contribution is -2.20. The number of carbonyl (C=O) groups is 1. The van der Waals surface area contributed by atoms with Gasteiger partial charge in [0.2, 0.25) is 0 Å². The predicted octanol–water partition coefficient (Wildman–Crippen LogP) is 0.363. The number of hydrogen-bond donors (Lipinski definition) is 2. The van der Waals surface area contributed by atoms with E-state index in [4.69, 9.17) is 14.9 Å². The number of para-hydroxylation sites is 1. The Hall–Kier alpha value is -2.50. The van der Waals surface area contributed by atoms with E-state index in [1.54, 1.807) is 12.1 Å². The standard InChI is InChI=1S/C11H9NO5/c12-9(14)5-16-8-3-1-2-6-7(13)4-10(15)17-11(6)8/h1-4,13H,5H2,(H2,12,14). The largest absolute Gasteiger partial charge is 0.507 e. The fraction of sp³-hybridized carbons (Fsp3) is 0.0909. The van der Waals surface area contributed by atoms with Gasteiger partial charge in [-0.3, -0.25) is 4.79 Å². The molecule has 0 spiro atoms. The third-order valence-electron chi connectivity index (χ3n) is 2.08. The van der Waals surface area contributed by atoms with E-state index in [2.05, 4.69) is 0 Å². The highest BCUT2D eigenvalue weighted by atomic mass is 16.5. The maximum absolute atomic E-state index is 11.1. The first kappa shape index (κ1) is 11.0. The molecule has 0 bridgehead atoms. The summed E-state index contributed by atoms with van der Waals surface area (Å²) < 4.78 is 9.99. The molecule has 17 heavy (non-hydrogen) atoms. The number of nitrogens with two attached hydrogens (primary N) is 1. The molecule has 0 unspecified atom stereocenters. The zero-order valence-electron chi connectivity index (χ0n) is 8.67. The third-order valence-corrected chi connectivity index (χ3v) is 2.08. The van der Waals surface area contributed by atoms with Crippen molar-refractivity contribution in [2.45, 2.75) is 0 Å². The Bertz CT molecular complexity index is 631. The number of aromatic hydroxyl groups is 1. The zero-order valence-corrected chi connectivity index (χ0v) is 8.67. The topological polar surface area (TPSA) is 103 Å². The van der Waals surface area contributed by atoms with Crippen LogP contribution < -0.4 is 16.1 Å². The van der Waals surface area contributed by atoms with E-state index in [-0.39, 0.29) is 23.7 Å². The lowest BCUT2D eigenvalue weighted by Gasteiger charge is -2.06. The Morgan fingerprint density at radius 2 is 2.24 bits per heavy atom. The van der Waals surface area contributed by atoms with Crippen molar-refractivity contribution in [1.82, 2.24) is 0 Å². The van der Waals surface area contributed by atoms with E-state index in [1.165, 1.54) is 6.07 Å². The summed E-state index contributed by atoms with van der Waals surface area (Å²) in [5, 5.41) is 9.87. The van der Waals surface area contributed by atoms with Gasteiger partial charge >= 0.3 is 5.63 Å². The van der Waals surface area contributed by atoms with Gasteiger partial charge in [0.25, 0.3) is 5.91 Å². The summed E-state index contributed by atoms with van der Waals surface area (Å²) in [6, 6.07) is 5.62. The average molecular weight is 235 g/mol. The van der Waals surface area contributed by atoms with Crippen LogP contribution in [0.25, 0.3) is 11.0 Å². The maximum atomic E-state index is 11.1. The van der Waals surface area contributed by atoms with Gasteiger partial charge in [-0.1, -0.05) is 6.07 Å². The summed E-state index contributed by atoms with van der Waals surface area (Å²) in [4.78, 5) is 21.7. The highest BCUT2D eigenvalue weighted by molar-refractivity contribution is 5.87. The lowest BCUT2D eigenvalue weighted by atomic mass is 10.2. The number of rotatable bonds is 3. The van der Waals surface area contributed by atoms with Crippen molar-refractivity contribution in [3.05, 3.63) is 34.7 Å². The van der Waals surface area contributed by atoms with Crippen molar-refractivity contribution in [2.75, 3.05) is 6.61 Å². The van der Waals surface area contributed by atoms with Gasteiger partial charge in [-0.15, -0.1) is 0 Å². The number of hydrogen-bond acceptors (Lipinski definition) is 5. The van der Waals surface area contributed by atoms with Gasteiger partial charge in [-0.05, 0) is 12.1 Å². The highest BCUT2D eigenvalue weighted by Gasteiger charge is 2.10. The molecule has 3 N–H and O–H groups in total. The summed E-state index contributed by atoms with van der Waals surface area (Å²) >= 11 is 0. The molecule has 1 aromatic carbocycles. The maximum Gasteiger partial charge on any atom is 0.340 e. The lowest BCUT2D eigenvalue weighted by molar-refractivity contribution is -0.119. The Morgan fingerprint density at radius 3 is 2.94 bits per heavy atom. The van der Waals surface area contributed by atoms with Crippen LogP contribution in [0.1, 0.15) is 0 Å². The molecule has 2 aromatic rings. The second-order valence-electron chi connectivity index (χ2n) is 3.34. The minimum Gasteiger partial charge on any atom is -0.507 e. The first-order valence-electron chi connectivity index (χ1n) is 4.75. The molecule has 0 aliphatic rings. The van der Waals surface area contributed by atoms with Crippen molar-refractivity contribution in [1.29, 1.82) is 0 Å². The van der Waals surface area contributed by atoms with Gasteiger partial charge in [0.15, 0.2) is 17.9 Å². The quantitative estimate of drug-likeness (QED) is 0.748. The van der Waals surface area contributed by atoms with Crippen LogP contribution in [-0.4, -0.2) is 17.6 Å². The summed E-state index contributed by atoms with van der Waals surface area (Å²) in [5.41, 5.74) is 4.32. The molecule has 1 amide bonds. The zero-order chi connectivity index (χ0) is 12.4. The fourth-order valence-corrected chi connectivity index (χ4v) is 1.40. The van der Waals surface area contributed by atoms with Gasteiger partial charge in [0, 0.05) is 0 Å². The second kappa shape index (κ2) is 4.17. The van der Waals surface area contributed by atoms with Crippen LogP contribution in [0.2, 0.25) is 0 Å². The monoisotopic (exact) mass is 235 g/mol. The van der Waals surface area contributed by atoms with E-state index in [0.29, 0.717) is 5.39 Å². The molecule has 6 nitrogen and oxygen atoms in total. The highest BCUT2D eigenvalue weighted by Crippen LogP contribution is 2.29.